The molecule has 28 heavy (non-hydrogen) atoms. The van der Waals surface area contributed by atoms with Gasteiger partial charge in [-0.15, -0.1) is 0 Å². The highest BCUT2D eigenvalue weighted by atomic mass is 35.5. The van der Waals surface area contributed by atoms with Crippen LogP contribution in [-0.2, 0) is 4.79 Å². The quantitative estimate of drug-likeness (QED) is 0.805. The topological polar surface area (TPSA) is 61.2 Å². The highest BCUT2D eigenvalue weighted by Gasteiger charge is 2.32. The number of ether oxygens (including phenoxy) is 3. The largest absolute Gasteiger partial charge is 0.495 e. The van der Waals surface area contributed by atoms with Crippen LogP contribution in [0.3, 0.4) is 0 Å². The van der Waals surface area contributed by atoms with E-state index in [1.165, 1.54) is 10.5 Å². The molecule has 148 valence electrons. The molecule has 0 spiro atoms. The summed E-state index contributed by atoms with van der Waals surface area (Å²) in [5, 5.41) is 3.41. The number of quaternary nitrogens is 1. The molecule has 2 aromatic carbocycles. The van der Waals surface area contributed by atoms with Gasteiger partial charge in [0.25, 0.3) is 5.91 Å². The Morgan fingerprint density at radius 1 is 1.21 bits per heavy atom. The fraction of sp³-hybridized carbons (Fsp3) is 0.381. The van der Waals surface area contributed by atoms with Crippen molar-refractivity contribution in [1.29, 1.82) is 0 Å². The first-order chi connectivity index (χ1) is 13.6. The molecule has 1 saturated heterocycles. The monoisotopic (exact) mass is 403 g/mol. The molecule has 2 aromatic rings. The van der Waals surface area contributed by atoms with Crippen molar-refractivity contribution < 1.29 is 23.9 Å². The second-order valence-electron chi connectivity index (χ2n) is 7.08. The number of halogens is 1. The summed E-state index contributed by atoms with van der Waals surface area (Å²) in [5.41, 5.74) is 1.86. The van der Waals surface area contributed by atoms with Crippen LogP contribution in [0.25, 0.3) is 0 Å². The van der Waals surface area contributed by atoms with E-state index in [0.29, 0.717) is 36.2 Å². The third-order valence-electron chi connectivity index (χ3n) is 5.28. The van der Waals surface area contributed by atoms with E-state index in [-0.39, 0.29) is 11.9 Å². The Kier molecular flexibility index (Phi) is 5.59. The van der Waals surface area contributed by atoms with Crippen LogP contribution in [0.4, 0.5) is 5.69 Å². The number of methoxy groups -OCH3 is 1. The van der Waals surface area contributed by atoms with Crippen molar-refractivity contribution in [1.82, 2.24) is 0 Å². The minimum absolute atomic E-state index is 0.0272. The zero-order valence-corrected chi connectivity index (χ0v) is 16.6. The molecule has 7 heteroatoms. The van der Waals surface area contributed by atoms with Crippen LogP contribution >= 0.6 is 11.6 Å². The molecule has 1 amide bonds. The SMILES string of the molecule is COc1ccc(NC(=O)C[NH+]2CCC[C@H]2c2ccc3c(c2)OCCO3)cc1Cl. The molecule has 0 saturated carbocycles. The summed E-state index contributed by atoms with van der Waals surface area (Å²) in [5.74, 6) is 2.15. The fourth-order valence-electron chi connectivity index (χ4n) is 3.96. The van der Waals surface area contributed by atoms with Gasteiger partial charge in [0.05, 0.1) is 18.7 Å². The first kappa shape index (κ1) is 18.9. The molecule has 0 bridgehead atoms. The molecule has 1 unspecified atom stereocenters. The van der Waals surface area contributed by atoms with Gasteiger partial charge in [-0.2, -0.15) is 0 Å². The minimum Gasteiger partial charge on any atom is -0.495 e. The Balaban J connectivity index is 1.42. The molecule has 2 aliphatic rings. The van der Waals surface area contributed by atoms with E-state index in [0.717, 1.165) is 30.9 Å². The van der Waals surface area contributed by atoms with Crippen molar-refractivity contribution in [2.75, 3.05) is 38.7 Å². The number of hydrogen-bond donors (Lipinski definition) is 2. The predicted octanol–water partition coefficient (Wildman–Crippen LogP) is 2.48. The van der Waals surface area contributed by atoms with E-state index < -0.39 is 0 Å². The van der Waals surface area contributed by atoms with Gasteiger partial charge in [0.15, 0.2) is 18.0 Å². The molecule has 0 aliphatic carbocycles. The van der Waals surface area contributed by atoms with Gasteiger partial charge in [0, 0.05) is 24.1 Å². The number of likely N-dealkylation sites (tertiary alicyclic amines) is 1. The Morgan fingerprint density at radius 2 is 2.04 bits per heavy atom. The van der Waals surface area contributed by atoms with Crippen molar-refractivity contribution in [3.05, 3.63) is 47.0 Å². The number of carbonyl (C=O) groups is 1. The number of anilines is 1. The molecule has 6 nitrogen and oxygen atoms in total. The van der Waals surface area contributed by atoms with E-state index in [9.17, 15) is 4.79 Å². The smallest absolute Gasteiger partial charge is 0.279 e. The average Bonchev–Trinajstić information content (AvgIpc) is 3.15. The van der Waals surface area contributed by atoms with Crippen molar-refractivity contribution in [2.24, 2.45) is 0 Å². The molecule has 1 fully saturated rings. The van der Waals surface area contributed by atoms with Gasteiger partial charge in [-0.3, -0.25) is 4.79 Å². The number of nitrogens with one attached hydrogen (secondary N) is 2. The molecular formula is C21H24ClN2O4+. The molecule has 2 heterocycles. The van der Waals surface area contributed by atoms with Crippen LogP contribution in [-0.4, -0.2) is 39.3 Å². The van der Waals surface area contributed by atoms with Gasteiger partial charge in [-0.1, -0.05) is 11.6 Å². The van der Waals surface area contributed by atoms with Crippen LogP contribution in [0.1, 0.15) is 24.4 Å². The number of carbonyl (C=O) groups excluding carboxylic acids is 1. The molecule has 0 aromatic heterocycles. The lowest BCUT2D eigenvalue weighted by molar-refractivity contribution is -0.910. The fourth-order valence-corrected chi connectivity index (χ4v) is 4.22. The summed E-state index contributed by atoms with van der Waals surface area (Å²) in [6.45, 7) is 2.53. The number of hydrogen-bond acceptors (Lipinski definition) is 4. The summed E-state index contributed by atoms with van der Waals surface area (Å²) < 4.78 is 16.5. The van der Waals surface area contributed by atoms with E-state index in [2.05, 4.69) is 17.4 Å². The number of benzene rings is 2. The van der Waals surface area contributed by atoms with Gasteiger partial charge < -0.3 is 24.4 Å². The van der Waals surface area contributed by atoms with Crippen LogP contribution in [0, 0.1) is 0 Å². The second-order valence-corrected chi connectivity index (χ2v) is 7.49. The van der Waals surface area contributed by atoms with Gasteiger partial charge >= 0.3 is 0 Å². The summed E-state index contributed by atoms with van der Waals surface area (Å²) in [6.07, 6.45) is 2.15. The average molecular weight is 404 g/mol. The van der Waals surface area contributed by atoms with Crippen molar-refractivity contribution >= 4 is 23.2 Å². The van der Waals surface area contributed by atoms with Gasteiger partial charge in [-0.25, -0.2) is 0 Å². The maximum Gasteiger partial charge on any atom is 0.279 e. The summed E-state index contributed by atoms with van der Waals surface area (Å²) in [6, 6.07) is 11.6. The molecular weight excluding hydrogens is 380 g/mol. The Hall–Kier alpha value is -2.44. The zero-order valence-electron chi connectivity index (χ0n) is 15.8. The third kappa shape index (κ3) is 4.03. The summed E-state index contributed by atoms with van der Waals surface area (Å²) in [4.78, 5) is 13.9. The second kappa shape index (κ2) is 8.29. The summed E-state index contributed by atoms with van der Waals surface area (Å²) in [7, 11) is 1.56. The predicted molar refractivity (Wildman–Crippen MR) is 107 cm³/mol. The van der Waals surface area contributed by atoms with Gasteiger partial charge in [-0.05, 0) is 36.4 Å². The van der Waals surface area contributed by atoms with Crippen LogP contribution in [0.5, 0.6) is 17.2 Å². The van der Waals surface area contributed by atoms with E-state index in [4.69, 9.17) is 25.8 Å². The Bertz CT molecular complexity index is 873. The highest BCUT2D eigenvalue weighted by molar-refractivity contribution is 6.32. The van der Waals surface area contributed by atoms with E-state index in [1.54, 1.807) is 25.3 Å². The molecule has 4 rings (SSSR count). The third-order valence-corrected chi connectivity index (χ3v) is 5.57. The minimum atomic E-state index is -0.0272. The molecule has 2 atom stereocenters. The van der Waals surface area contributed by atoms with Gasteiger partial charge in [0.1, 0.15) is 25.0 Å². The number of fused-ring (bicyclic) bond motifs is 1. The Morgan fingerprint density at radius 3 is 2.82 bits per heavy atom. The first-order valence-electron chi connectivity index (χ1n) is 9.51. The zero-order chi connectivity index (χ0) is 19.5. The summed E-state index contributed by atoms with van der Waals surface area (Å²) >= 11 is 6.14. The maximum atomic E-state index is 12.6. The molecule has 0 radical (unpaired) electrons. The van der Waals surface area contributed by atoms with Crippen LogP contribution in [0.2, 0.25) is 5.02 Å². The lowest BCUT2D eigenvalue weighted by atomic mass is 10.0. The van der Waals surface area contributed by atoms with E-state index >= 15 is 0 Å². The lowest BCUT2D eigenvalue weighted by Gasteiger charge is -2.24. The van der Waals surface area contributed by atoms with Crippen molar-refractivity contribution in [2.45, 2.75) is 18.9 Å². The van der Waals surface area contributed by atoms with Crippen molar-refractivity contribution in [3.8, 4) is 17.2 Å². The standard InChI is InChI=1S/C21H23ClN2O4/c1-26-18-7-5-15(12-16(18)22)23-21(25)13-24-8-2-3-17(24)14-4-6-19-20(11-14)28-10-9-27-19/h4-7,11-12,17H,2-3,8-10,13H2,1H3,(H,23,25)/p+1/t17-/m0/s1. The van der Waals surface area contributed by atoms with Crippen molar-refractivity contribution in [3.63, 3.8) is 0 Å². The normalized spacial score (nSPS) is 20.6. The highest BCUT2D eigenvalue weighted by Crippen LogP contribution is 2.33. The Labute approximate surface area is 169 Å². The van der Waals surface area contributed by atoms with E-state index in [1.807, 2.05) is 6.07 Å². The first-order valence-corrected chi connectivity index (χ1v) is 9.89. The maximum absolute atomic E-state index is 12.6. The van der Waals surface area contributed by atoms with Gasteiger partial charge in [0.2, 0.25) is 0 Å². The lowest BCUT2D eigenvalue weighted by Crippen LogP contribution is -3.11. The molecule has 2 aliphatic heterocycles. The van der Waals surface area contributed by atoms with Crippen LogP contribution < -0.4 is 24.4 Å². The molecule has 2 N–H and O–H groups in total. The van der Waals surface area contributed by atoms with Crippen LogP contribution in [0.15, 0.2) is 36.4 Å². The number of amides is 1. The number of rotatable bonds is 5.